The minimum atomic E-state index is -0.116. The van der Waals surface area contributed by atoms with E-state index in [9.17, 15) is 4.79 Å². The normalized spacial score (nSPS) is 10.3. The number of hydrogen-bond acceptors (Lipinski definition) is 3. The molecule has 0 heterocycles. The summed E-state index contributed by atoms with van der Waals surface area (Å²) in [5.74, 6) is 0. The Kier molecular flexibility index (Phi) is 6.92. The number of anilines is 1. The number of benzene rings is 1. The van der Waals surface area contributed by atoms with Crippen molar-refractivity contribution in [1.82, 2.24) is 4.90 Å². The van der Waals surface area contributed by atoms with Gasteiger partial charge in [-0.3, -0.25) is 0 Å². The van der Waals surface area contributed by atoms with E-state index in [1.54, 1.807) is 12.0 Å². The van der Waals surface area contributed by atoms with E-state index >= 15 is 0 Å². The average Bonchev–Trinajstić information content (AvgIpc) is 2.41. The molecule has 0 fully saturated rings. The summed E-state index contributed by atoms with van der Waals surface area (Å²) in [6, 6.07) is 7.61. The van der Waals surface area contributed by atoms with Crippen LogP contribution in [0.15, 0.2) is 24.3 Å². The number of urea groups is 1. The third-order valence-corrected chi connectivity index (χ3v) is 2.79. The zero-order valence-electron chi connectivity index (χ0n) is 11.7. The first-order valence-electron chi connectivity index (χ1n) is 6.49. The van der Waals surface area contributed by atoms with Gasteiger partial charge in [-0.2, -0.15) is 0 Å². The van der Waals surface area contributed by atoms with Crippen molar-refractivity contribution in [2.75, 3.05) is 38.7 Å². The van der Waals surface area contributed by atoms with Gasteiger partial charge in [0, 0.05) is 25.9 Å². The van der Waals surface area contributed by atoms with Gasteiger partial charge in [-0.1, -0.05) is 17.7 Å². The van der Waals surface area contributed by atoms with Crippen molar-refractivity contribution in [3.63, 3.8) is 0 Å². The summed E-state index contributed by atoms with van der Waals surface area (Å²) in [6.07, 6.45) is 0.783. The first kappa shape index (κ1) is 15.5. The van der Waals surface area contributed by atoms with Crippen molar-refractivity contribution in [3.8, 4) is 0 Å². The average molecular weight is 265 g/mol. The number of aryl methyl sites for hydroxylation is 1. The molecule has 0 unspecified atom stereocenters. The van der Waals surface area contributed by atoms with Crippen molar-refractivity contribution in [2.24, 2.45) is 5.73 Å². The maximum absolute atomic E-state index is 12.1. The second-order valence-electron chi connectivity index (χ2n) is 4.42. The molecular weight excluding hydrogens is 242 g/mol. The molecule has 0 radical (unpaired) electrons. The summed E-state index contributed by atoms with van der Waals surface area (Å²) in [5, 5.41) is 2.88. The molecule has 5 nitrogen and oxygen atoms in total. The lowest BCUT2D eigenvalue weighted by molar-refractivity contribution is 0.155. The van der Waals surface area contributed by atoms with Crippen LogP contribution in [0, 0.1) is 6.92 Å². The second kappa shape index (κ2) is 8.50. The van der Waals surface area contributed by atoms with Gasteiger partial charge in [0.15, 0.2) is 0 Å². The number of ether oxygens (including phenoxy) is 1. The quantitative estimate of drug-likeness (QED) is 0.790. The molecule has 5 heteroatoms. The van der Waals surface area contributed by atoms with Gasteiger partial charge >= 0.3 is 6.03 Å². The van der Waals surface area contributed by atoms with Crippen molar-refractivity contribution < 1.29 is 9.53 Å². The van der Waals surface area contributed by atoms with Crippen LogP contribution in [-0.2, 0) is 4.74 Å². The van der Waals surface area contributed by atoms with Crippen LogP contribution in [0.3, 0.4) is 0 Å². The first-order chi connectivity index (χ1) is 9.17. The lowest BCUT2D eigenvalue weighted by Crippen LogP contribution is -2.38. The van der Waals surface area contributed by atoms with Crippen molar-refractivity contribution in [3.05, 3.63) is 29.8 Å². The van der Waals surface area contributed by atoms with Crippen LogP contribution in [0.1, 0.15) is 12.0 Å². The van der Waals surface area contributed by atoms with Gasteiger partial charge in [0.2, 0.25) is 0 Å². The van der Waals surface area contributed by atoms with Crippen LogP contribution < -0.4 is 11.1 Å². The van der Waals surface area contributed by atoms with E-state index < -0.39 is 0 Å². The molecule has 0 bridgehead atoms. The van der Waals surface area contributed by atoms with Crippen LogP contribution in [0.4, 0.5) is 10.5 Å². The van der Waals surface area contributed by atoms with E-state index in [0.717, 1.165) is 17.7 Å². The van der Waals surface area contributed by atoms with E-state index in [0.29, 0.717) is 26.2 Å². The fraction of sp³-hybridized carbons (Fsp3) is 0.500. The Hall–Kier alpha value is -1.59. The highest BCUT2D eigenvalue weighted by Gasteiger charge is 2.12. The highest BCUT2D eigenvalue weighted by Crippen LogP contribution is 2.09. The zero-order chi connectivity index (χ0) is 14.1. The Balaban J connectivity index is 2.56. The molecule has 0 saturated carbocycles. The number of nitrogens with one attached hydrogen (secondary N) is 1. The van der Waals surface area contributed by atoms with Crippen LogP contribution in [0.2, 0.25) is 0 Å². The first-order valence-corrected chi connectivity index (χ1v) is 6.49. The molecule has 0 aliphatic carbocycles. The summed E-state index contributed by atoms with van der Waals surface area (Å²) in [5.41, 5.74) is 7.45. The predicted octanol–water partition coefficient (Wildman–Crippen LogP) is 1.82. The minimum absolute atomic E-state index is 0.116. The third kappa shape index (κ3) is 5.72. The van der Waals surface area contributed by atoms with Crippen LogP contribution in [0.5, 0.6) is 0 Å². The molecule has 0 aliphatic heterocycles. The minimum Gasteiger partial charge on any atom is -0.383 e. The van der Waals surface area contributed by atoms with E-state index in [1.807, 2.05) is 31.2 Å². The van der Waals surface area contributed by atoms with Gasteiger partial charge in [0.05, 0.1) is 6.61 Å². The maximum atomic E-state index is 12.1. The lowest BCUT2D eigenvalue weighted by atomic mass is 10.2. The number of hydrogen-bond donors (Lipinski definition) is 2. The van der Waals surface area contributed by atoms with Gasteiger partial charge in [-0.25, -0.2) is 4.79 Å². The molecule has 3 N–H and O–H groups in total. The molecule has 2 amide bonds. The number of nitrogens with two attached hydrogens (primary N) is 1. The smallest absolute Gasteiger partial charge is 0.321 e. The van der Waals surface area contributed by atoms with Gasteiger partial charge < -0.3 is 20.7 Å². The Morgan fingerprint density at radius 1 is 1.32 bits per heavy atom. The molecule has 1 aromatic rings. The third-order valence-electron chi connectivity index (χ3n) is 2.79. The van der Waals surface area contributed by atoms with Crippen molar-refractivity contribution in [2.45, 2.75) is 13.3 Å². The Morgan fingerprint density at radius 3 is 2.58 bits per heavy atom. The van der Waals surface area contributed by atoms with Crippen molar-refractivity contribution in [1.29, 1.82) is 0 Å². The van der Waals surface area contributed by atoms with Crippen LogP contribution in [-0.4, -0.2) is 44.3 Å². The highest BCUT2D eigenvalue weighted by atomic mass is 16.5. The Labute approximate surface area is 114 Å². The fourth-order valence-corrected chi connectivity index (χ4v) is 1.64. The summed E-state index contributed by atoms with van der Waals surface area (Å²) in [7, 11) is 1.62. The van der Waals surface area contributed by atoms with E-state index in [2.05, 4.69) is 5.32 Å². The second-order valence-corrected chi connectivity index (χ2v) is 4.42. The molecule has 19 heavy (non-hydrogen) atoms. The van der Waals surface area contributed by atoms with E-state index in [-0.39, 0.29) is 6.03 Å². The molecule has 1 aromatic carbocycles. The summed E-state index contributed by atoms with van der Waals surface area (Å²) < 4.78 is 5.02. The Bertz CT molecular complexity index is 371. The van der Waals surface area contributed by atoms with Gasteiger partial charge in [-0.05, 0) is 32.0 Å². The fourth-order valence-electron chi connectivity index (χ4n) is 1.64. The zero-order valence-corrected chi connectivity index (χ0v) is 11.7. The van der Waals surface area contributed by atoms with Gasteiger partial charge in [-0.15, -0.1) is 0 Å². The lowest BCUT2D eigenvalue weighted by Gasteiger charge is -2.22. The number of nitrogens with zero attached hydrogens (tertiary/aromatic N) is 1. The van der Waals surface area contributed by atoms with Crippen LogP contribution in [0.25, 0.3) is 0 Å². The number of amides is 2. The van der Waals surface area contributed by atoms with E-state index in [4.69, 9.17) is 10.5 Å². The maximum Gasteiger partial charge on any atom is 0.321 e. The number of carbonyl (C=O) groups excluding carboxylic acids is 1. The van der Waals surface area contributed by atoms with Crippen molar-refractivity contribution >= 4 is 11.7 Å². The van der Waals surface area contributed by atoms with E-state index in [1.165, 1.54) is 0 Å². The largest absolute Gasteiger partial charge is 0.383 e. The number of methoxy groups -OCH3 is 1. The summed E-state index contributed by atoms with van der Waals surface area (Å²) in [4.78, 5) is 13.8. The highest BCUT2D eigenvalue weighted by molar-refractivity contribution is 5.89. The molecule has 0 aromatic heterocycles. The molecule has 106 valence electrons. The molecule has 0 saturated heterocycles. The molecule has 1 rings (SSSR count). The van der Waals surface area contributed by atoms with Gasteiger partial charge in [0.25, 0.3) is 0 Å². The number of carbonyl (C=O) groups is 1. The Morgan fingerprint density at radius 2 is 2.00 bits per heavy atom. The standard InChI is InChI=1S/C14H23N3O2/c1-12-4-6-13(7-5-12)16-14(18)17(9-3-8-15)10-11-19-2/h4-7H,3,8-11,15H2,1-2H3,(H,16,18). The predicted molar refractivity (Wildman–Crippen MR) is 77.3 cm³/mol. The SMILES string of the molecule is COCCN(CCCN)C(=O)Nc1ccc(C)cc1. The van der Waals surface area contributed by atoms with Crippen LogP contribution >= 0.6 is 0 Å². The molecular formula is C14H23N3O2. The number of rotatable bonds is 7. The van der Waals surface area contributed by atoms with Gasteiger partial charge in [0.1, 0.15) is 0 Å². The molecule has 0 spiro atoms. The summed E-state index contributed by atoms with van der Waals surface area (Å²) >= 11 is 0. The molecule has 0 aliphatic rings. The topological polar surface area (TPSA) is 67.6 Å². The molecule has 0 atom stereocenters. The summed E-state index contributed by atoms with van der Waals surface area (Å²) in [6.45, 7) is 4.30. The monoisotopic (exact) mass is 265 g/mol.